The lowest BCUT2D eigenvalue weighted by molar-refractivity contribution is 0.0572. The average Bonchev–Trinajstić information content (AvgIpc) is 2.59. The Morgan fingerprint density at radius 2 is 1.88 bits per heavy atom. The topological polar surface area (TPSA) is 52.9 Å². The van der Waals surface area contributed by atoms with Crippen LogP contribution in [0.5, 0.6) is 5.75 Å². The summed E-state index contributed by atoms with van der Waals surface area (Å²) in [6, 6.07) is 5.90. The number of hydrogen-bond acceptors (Lipinski definition) is 4. The van der Waals surface area contributed by atoms with E-state index in [2.05, 4.69) is 0 Å². The maximum absolute atomic E-state index is 9.52. The van der Waals surface area contributed by atoms with Crippen molar-refractivity contribution in [3.63, 3.8) is 0 Å². The number of rotatable bonds is 2. The Bertz CT molecular complexity index is 371. The zero-order valence-corrected chi connectivity index (χ0v) is 9.55. The van der Waals surface area contributed by atoms with E-state index in [1.165, 1.54) is 0 Å². The van der Waals surface area contributed by atoms with Gasteiger partial charge in [-0.25, -0.2) is 0 Å². The summed E-state index contributed by atoms with van der Waals surface area (Å²) in [5, 5.41) is 19.0. The molecule has 4 nitrogen and oxygen atoms in total. The third kappa shape index (κ3) is 1.99. The summed E-state index contributed by atoms with van der Waals surface area (Å²) < 4.78 is 5.30. The predicted octanol–water partition coefficient (Wildman–Crippen LogP) is 0.545. The van der Waals surface area contributed by atoms with E-state index in [4.69, 9.17) is 4.74 Å². The van der Waals surface area contributed by atoms with Gasteiger partial charge in [0.1, 0.15) is 5.75 Å². The lowest BCUT2D eigenvalue weighted by atomic mass is 10.2. The van der Waals surface area contributed by atoms with E-state index >= 15 is 0 Å². The van der Waals surface area contributed by atoms with Crippen molar-refractivity contribution in [2.24, 2.45) is 0 Å². The largest absolute Gasteiger partial charge is 0.495 e. The molecule has 88 valence electrons. The van der Waals surface area contributed by atoms with Crippen molar-refractivity contribution in [2.45, 2.75) is 19.1 Å². The highest BCUT2D eigenvalue weighted by molar-refractivity contribution is 5.60. The van der Waals surface area contributed by atoms with Gasteiger partial charge in [-0.2, -0.15) is 0 Å². The minimum atomic E-state index is -0.675. The van der Waals surface area contributed by atoms with E-state index in [1.54, 1.807) is 7.11 Å². The molecule has 2 N–H and O–H groups in total. The molecule has 1 fully saturated rings. The van der Waals surface area contributed by atoms with E-state index < -0.39 is 12.2 Å². The molecule has 4 heteroatoms. The van der Waals surface area contributed by atoms with E-state index in [9.17, 15) is 10.2 Å². The van der Waals surface area contributed by atoms with E-state index in [0.29, 0.717) is 13.1 Å². The van der Waals surface area contributed by atoms with Crippen molar-refractivity contribution in [3.8, 4) is 5.75 Å². The quantitative estimate of drug-likeness (QED) is 0.768. The lowest BCUT2D eigenvalue weighted by Gasteiger charge is -2.20. The van der Waals surface area contributed by atoms with Crippen LogP contribution in [0.3, 0.4) is 0 Å². The number of aryl methyl sites for hydroxylation is 1. The number of nitrogens with zero attached hydrogens (tertiary/aromatic N) is 1. The van der Waals surface area contributed by atoms with E-state index in [-0.39, 0.29) is 0 Å². The molecular weight excluding hydrogens is 206 g/mol. The Morgan fingerprint density at radius 1 is 1.25 bits per heavy atom. The molecule has 1 aliphatic rings. The summed E-state index contributed by atoms with van der Waals surface area (Å²) in [5.74, 6) is 0.779. The van der Waals surface area contributed by atoms with Crippen LogP contribution in [0, 0.1) is 6.92 Å². The minimum absolute atomic E-state index is 0.445. The van der Waals surface area contributed by atoms with Crippen LogP contribution in [0.4, 0.5) is 5.69 Å². The molecule has 1 saturated heterocycles. The zero-order chi connectivity index (χ0) is 11.7. The molecule has 0 aliphatic carbocycles. The van der Waals surface area contributed by atoms with E-state index in [0.717, 1.165) is 17.0 Å². The van der Waals surface area contributed by atoms with Crippen molar-refractivity contribution in [1.29, 1.82) is 0 Å². The normalized spacial score (nSPS) is 24.9. The second kappa shape index (κ2) is 4.31. The molecular formula is C12H17NO3. The molecule has 16 heavy (non-hydrogen) atoms. The van der Waals surface area contributed by atoms with Crippen molar-refractivity contribution in [1.82, 2.24) is 0 Å². The smallest absolute Gasteiger partial charge is 0.142 e. The Hall–Kier alpha value is -1.26. The monoisotopic (exact) mass is 223 g/mol. The standard InChI is InChI=1S/C12H17NO3/c1-8-3-4-9(12(5-8)16-2)13-6-10(14)11(15)7-13/h3-5,10-11,14-15H,6-7H2,1-2H3. The number of β-amino-alcohol motifs (C(OH)–C–C–N with tert-alkyl or cyclic N) is 2. The highest BCUT2D eigenvalue weighted by atomic mass is 16.5. The fourth-order valence-electron chi connectivity index (χ4n) is 2.01. The summed E-state index contributed by atoms with van der Waals surface area (Å²) in [7, 11) is 1.63. The van der Waals surface area contributed by atoms with Gasteiger partial charge in [-0.05, 0) is 24.6 Å². The number of anilines is 1. The van der Waals surface area contributed by atoms with Gasteiger partial charge in [0.2, 0.25) is 0 Å². The number of methoxy groups -OCH3 is 1. The summed E-state index contributed by atoms with van der Waals surface area (Å²) in [6.45, 7) is 2.89. The predicted molar refractivity (Wildman–Crippen MR) is 62.0 cm³/mol. The summed E-state index contributed by atoms with van der Waals surface area (Å²) in [6.07, 6.45) is -1.35. The average molecular weight is 223 g/mol. The van der Waals surface area contributed by atoms with Crippen molar-refractivity contribution in [3.05, 3.63) is 23.8 Å². The Kier molecular flexibility index (Phi) is 3.03. The molecule has 1 aliphatic heterocycles. The summed E-state index contributed by atoms with van der Waals surface area (Å²) >= 11 is 0. The second-order valence-electron chi connectivity index (χ2n) is 4.21. The molecule has 1 aromatic rings. The number of ether oxygens (including phenoxy) is 1. The number of aliphatic hydroxyl groups excluding tert-OH is 2. The highest BCUT2D eigenvalue weighted by Crippen LogP contribution is 2.31. The van der Waals surface area contributed by atoms with Crippen LogP contribution in [0.25, 0.3) is 0 Å². The highest BCUT2D eigenvalue weighted by Gasteiger charge is 2.30. The molecule has 1 heterocycles. The molecule has 0 bridgehead atoms. The minimum Gasteiger partial charge on any atom is -0.495 e. The molecule has 0 radical (unpaired) electrons. The second-order valence-corrected chi connectivity index (χ2v) is 4.21. The van der Waals surface area contributed by atoms with Crippen LogP contribution in [0.1, 0.15) is 5.56 Å². The van der Waals surface area contributed by atoms with Crippen molar-refractivity contribution < 1.29 is 14.9 Å². The molecule has 2 unspecified atom stereocenters. The Labute approximate surface area is 95.1 Å². The van der Waals surface area contributed by atoms with Gasteiger partial charge < -0.3 is 19.8 Å². The molecule has 2 atom stereocenters. The SMILES string of the molecule is COc1cc(C)ccc1N1CC(O)C(O)C1. The maximum Gasteiger partial charge on any atom is 0.142 e. The fourth-order valence-corrected chi connectivity index (χ4v) is 2.01. The van der Waals surface area contributed by atoms with Gasteiger partial charge in [-0.15, -0.1) is 0 Å². The van der Waals surface area contributed by atoms with Crippen LogP contribution in [0.2, 0.25) is 0 Å². The number of aliphatic hydroxyl groups is 2. The van der Waals surface area contributed by atoms with Gasteiger partial charge in [-0.1, -0.05) is 6.07 Å². The third-order valence-corrected chi connectivity index (χ3v) is 2.93. The molecule has 0 saturated carbocycles. The maximum atomic E-state index is 9.52. The molecule has 0 amide bonds. The van der Waals surface area contributed by atoms with Crippen LogP contribution in [0.15, 0.2) is 18.2 Å². The summed E-state index contributed by atoms with van der Waals surface area (Å²) in [5.41, 5.74) is 2.05. The van der Waals surface area contributed by atoms with Gasteiger partial charge in [0.15, 0.2) is 0 Å². The molecule has 0 aromatic heterocycles. The fraction of sp³-hybridized carbons (Fsp3) is 0.500. The first kappa shape index (κ1) is 11.2. The summed E-state index contributed by atoms with van der Waals surface area (Å²) in [4.78, 5) is 1.94. The number of benzene rings is 1. The van der Waals surface area contributed by atoms with Crippen molar-refractivity contribution in [2.75, 3.05) is 25.1 Å². The lowest BCUT2D eigenvalue weighted by Crippen LogP contribution is -2.22. The number of hydrogen-bond donors (Lipinski definition) is 2. The van der Waals surface area contributed by atoms with Gasteiger partial charge in [0, 0.05) is 13.1 Å². The Balaban J connectivity index is 2.27. The van der Waals surface area contributed by atoms with Crippen LogP contribution in [-0.4, -0.2) is 42.6 Å². The Morgan fingerprint density at radius 3 is 2.44 bits per heavy atom. The van der Waals surface area contributed by atoms with Gasteiger partial charge in [-0.3, -0.25) is 0 Å². The zero-order valence-electron chi connectivity index (χ0n) is 9.55. The molecule has 1 aromatic carbocycles. The van der Waals surface area contributed by atoms with Crippen LogP contribution in [-0.2, 0) is 0 Å². The van der Waals surface area contributed by atoms with Crippen LogP contribution >= 0.6 is 0 Å². The first-order chi connectivity index (χ1) is 7.61. The first-order valence-corrected chi connectivity index (χ1v) is 5.37. The van der Waals surface area contributed by atoms with Gasteiger partial charge >= 0.3 is 0 Å². The van der Waals surface area contributed by atoms with E-state index in [1.807, 2.05) is 30.0 Å². The third-order valence-electron chi connectivity index (χ3n) is 2.93. The molecule has 0 spiro atoms. The van der Waals surface area contributed by atoms with Crippen molar-refractivity contribution >= 4 is 5.69 Å². The molecule has 2 rings (SSSR count). The van der Waals surface area contributed by atoms with Gasteiger partial charge in [0.05, 0.1) is 25.0 Å². The van der Waals surface area contributed by atoms with Crippen LogP contribution < -0.4 is 9.64 Å². The first-order valence-electron chi connectivity index (χ1n) is 5.37. The van der Waals surface area contributed by atoms with Gasteiger partial charge in [0.25, 0.3) is 0 Å².